The molecule has 0 spiro atoms. The molecule has 10 heavy (non-hydrogen) atoms. The number of carbonyl (C=O) groups excluding carboxylic acids is 2. The third kappa shape index (κ3) is 1.04. The molecule has 1 rings (SSSR count). The molecule has 1 aliphatic rings. The van der Waals surface area contributed by atoms with Crippen molar-refractivity contribution in [2.45, 2.75) is 6.42 Å². The van der Waals surface area contributed by atoms with E-state index in [4.69, 9.17) is 11.6 Å². The van der Waals surface area contributed by atoms with Crippen LogP contribution in [-0.4, -0.2) is 23.1 Å². The predicted molar refractivity (Wildman–Crippen MR) is 37.8 cm³/mol. The molecule has 1 unspecified atom stereocenters. The predicted octanol–water partition coefficient (Wildman–Crippen LogP) is 1.05. The van der Waals surface area contributed by atoms with Gasteiger partial charge in [0, 0.05) is 12.6 Å². The van der Waals surface area contributed by atoms with Crippen molar-refractivity contribution in [1.82, 2.24) is 0 Å². The van der Waals surface area contributed by atoms with E-state index < -0.39 is 18.4 Å². The molecule has 0 saturated carbocycles. The summed E-state index contributed by atoms with van der Waals surface area (Å²) in [4.78, 5) is 21.3. The summed E-state index contributed by atoms with van der Waals surface area (Å²) < 4.78 is 11.2. The second kappa shape index (κ2) is 2.48. The van der Waals surface area contributed by atoms with Crippen LogP contribution in [0.15, 0.2) is 0 Å². The van der Waals surface area contributed by atoms with Gasteiger partial charge in [-0.1, -0.05) is 0 Å². The molecule has 3 nitrogen and oxygen atoms in total. The number of hydrogen-bond acceptors (Lipinski definition) is 3. The lowest BCUT2D eigenvalue weighted by atomic mass is 10.3. The van der Waals surface area contributed by atoms with Gasteiger partial charge in [-0.3, -0.25) is 9.59 Å². The van der Waals surface area contributed by atoms with Crippen LogP contribution in [0.1, 0.15) is 6.42 Å². The highest BCUT2D eigenvalue weighted by Crippen LogP contribution is 2.52. The summed E-state index contributed by atoms with van der Waals surface area (Å²) in [6.45, 7) is 0. The summed E-state index contributed by atoms with van der Waals surface area (Å²) in [5.74, 6) is -0.524. The quantitative estimate of drug-likeness (QED) is 0.344. The Morgan fingerprint density at radius 3 is 2.30 bits per heavy atom. The summed E-state index contributed by atoms with van der Waals surface area (Å²) in [7, 11) is -2.92. The summed E-state index contributed by atoms with van der Waals surface area (Å²) in [6, 6.07) is 0. The summed E-state index contributed by atoms with van der Waals surface area (Å²) in [6.07, 6.45) is 0.289. The Kier molecular flexibility index (Phi) is 1.97. The Balaban J connectivity index is 2.95. The molecule has 0 bridgehead atoms. The van der Waals surface area contributed by atoms with Crippen molar-refractivity contribution in [2.24, 2.45) is 0 Å². The van der Waals surface area contributed by atoms with E-state index in [1.165, 1.54) is 0 Å². The molecule has 0 aromatic rings. The van der Waals surface area contributed by atoms with Gasteiger partial charge in [-0.2, -0.15) is 0 Å². The number of ketones is 1. The Bertz CT molecular complexity index is 235. The van der Waals surface area contributed by atoms with Crippen LogP contribution in [0.2, 0.25) is 0 Å². The van der Waals surface area contributed by atoms with Crippen LogP contribution in [0.4, 0.5) is 0 Å². The fraction of sp³-hybridized carbons (Fsp3) is 0.600. The van der Waals surface area contributed by atoms with Gasteiger partial charge < -0.3 is 4.57 Å². The molecule has 0 aromatic carbocycles. The molecular weight excluding hydrogens is 174 g/mol. The van der Waals surface area contributed by atoms with Crippen molar-refractivity contribution in [3.05, 3.63) is 0 Å². The second-order valence-corrected chi connectivity index (χ2v) is 5.80. The topological polar surface area (TPSA) is 51.2 Å². The van der Waals surface area contributed by atoms with Crippen molar-refractivity contribution in [3.63, 3.8) is 0 Å². The molecule has 1 heterocycles. The van der Waals surface area contributed by atoms with E-state index >= 15 is 0 Å². The first kappa shape index (κ1) is 7.96. The van der Waals surface area contributed by atoms with Crippen LogP contribution >= 0.6 is 18.7 Å². The molecule has 0 N–H and O–H groups in total. The van der Waals surface area contributed by atoms with E-state index in [-0.39, 0.29) is 18.2 Å². The van der Waals surface area contributed by atoms with E-state index in [2.05, 4.69) is 0 Å². The van der Waals surface area contributed by atoms with Gasteiger partial charge in [-0.25, -0.2) is 0 Å². The van der Waals surface area contributed by atoms with Crippen LogP contribution in [0.25, 0.3) is 0 Å². The van der Waals surface area contributed by atoms with Crippen molar-refractivity contribution in [3.8, 4) is 0 Å². The Hall–Kier alpha value is -0.140. The average molecular weight is 181 g/mol. The summed E-state index contributed by atoms with van der Waals surface area (Å²) >= 11 is 5.27. The maximum Gasteiger partial charge on any atom is 0.257 e. The van der Waals surface area contributed by atoms with Gasteiger partial charge in [0.2, 0.25) is 5.78 Å². The minimum atomic E-state index is -2.92. The van der Waals surface area contributed by atoms with Gasteiger partial charge in [-0.05, 0) is 0 Å². The minimum absolute atomic E-state index is 0.114. The fourth-order valence-corrected chi connectivity index (χ4v) is 3.08. The Labute approximate surface area is 63.1 Å². The van der Waals surface area contributed by atoms with E-state index in [0.717, 1.165) is 0 Å². The zero-order valence-corrected chi connectivity index (χ0v) is 6.82. The van der Waals surface area contributed by atoms with Gasteiger partial charge in [0.15, 0.2) is 7.14 Å². The monoisotopic (exact) mass is 180 g/mol. The van der Waals surface area contributed by atoms with Crippen LogP contribution in [-0.2, 0) is 14.2 Å². The van der Waals surface area contributed by atoms with Gasteiger partial charge in [0.25, 0.3) is 5.52 Å². The standard InChI is InChI=1S/C5H6ClO3P/c6-3-10(9)2-1-4(7)5(10)8/h1-3H2. The van der Waals surface area contributed by atoms with Crippen molar-refractivity contribution < 1.29 is 14.2 Å². The average Bonchev–Trinajstić information content (AvgIpc) is 2.19. The molecule has 0 aliphatic carbocycles. The third-order valence-electron chi connectivity index (χ3n) is 1.50. The first-order chi connectivity index (χ1) is 4.60. The van der Waals surface area contributed by atoms with Gasteiger partial charge in [0.1, 0.15) is 0 Å². The first-order valence-electron chi connectivity index (χ1n) is 2.82. The fourth-order valence-electron chi connectivity index (χ4n) is 0.832. The van der Waals surface area contributed by atoms with Crippen LogP contribution in [0, 0.1) is 0 Å². The SMILES string of the molecule is O=C1CCP(=O)(CCl)C1=O. The largest absolute Gasteiger partial charge is 0.314 e. The molecule has 0 radical (unpaired) electrons. The maximum absolute atomic E-state index is 11.2. The molecule has 1 fully saturated rings. The highest BCUT2D eigenvalue weighted by atomic mass is 35.5. The van der Waals surface area contributed by atoms with E-state index in [1.807, 2.05) is 0 Å². The van der Waals surface area contributed by atoms with E-state index in [0.29, 0.717) is 0 Å². The molecule has 56 valence electrons. The summed E-state index contributed by atoms with van der Waals surface area (Å²) in [5, 5.41) is 0. The number of carbonyl (C=O) groups is 2. The van der Waals surface area contributed by atoms with Gasteiger partial charge in [-0.15, -0.1) is 11.6 Å². The lowest BCUT2D eigenvalue weighted by Crippen LogP contribution is -2.03. The van der Waals surface area contributed by atoms with Crippen molar-refractivity contribution in [2.75, 3.05) is 11.8 Å². The molecule has 5 heteroatoms. The lowest BCUT2D eigenvalue weighted by Gasteiger charge is -1.99. The zero-order chi connectivity index (χ0) is 7.78. The number of hydrogen-bond donors (Lipinski definition) is 0. The molecular formula is C5H6ClO3P. The van der Waals surface area contributed by atoms with Crippen molar-refractivity contribution >= 4 is 30.1 Å². The number of alkyl halides is 1. The molecule has 1 saturated heterocycles. The number of rotatable bonds is 1. The molecule has 1 atom stereocenters. The van der Waals surface area contributed by atoms with Gasteiger partial charge in [0.05, 0.1) is 5.62 Å². The molecule has 1 aliphatic heterocycles. The van der Waals surface area contributed by atoms with Crippen molar-refractivity contribution in [1.29, 1.82) is 0 Å². The van der Waals surface area contributed by atoms with Crippen LogP contribution < -0.4 is 0 Å². The smallest absolute Gasteiger partial charge is 0.257 e. The first-order valence-corrected chi connectivity index (χ1v) is 5.43. The highest BCUT2D eigenvalue weighted by Gasteiger charge is 2.41. The van der Waals surface area contributed by atoms with Crippen LogP contribution in [0.3, 0.4) is 0 Å². The Morgan fingerprint density at radius 2 is 2.10 bits per heavy atom. The molecule has 0 aromatic heterocycles. The maximum atomic E-state index is 11.2. The second-order valence-electron chi connectivity index (χ2n) is 2.21. The van der Waals surface area contributed by atoms with Gasteiger partial charge >= 0.3 is 0 Å². The zero-order valence-electron chi connectivity index (χ0n) is 5.17. The minimum Gasteiger partial charge on any atom is -0.314 e. The lowest BCUT2D eigenvalue weighted by molar-refractivity contribution is -0.131. The van der Waals surface area contributed by atoms with E-state index in [9.17, 15) is 14.2 Å². The number of halogens is 1. The summed E-state index contributed by atoms with van der Waals surface area (Å²) in [5.41, 5.74) is -0.917. The van der Waals surface area contributed by atoms with Crippen LogP contribution in [0.5, 0.6) is 0 Å². The molecule has 0 amide bonds. The normalized spacial score (nSPS) is 33.3. The highest BCUT2D eigenvalue weighted by molar-refractivity contribution is 7.85. The number of Topliss-reactive ketones (excluding diaryl/α,β-unsaturated/α-hetero) is 1. The third-order valence-corrected chi connectivity index (χ3v) is 4.98. The van der Waals surface area contributed by atoms with E-state index in [1.54, 1.807) is 0 Å². The Morgan fingerprint density at radius 1 is 1.50 bits per heavy atom.